The summed E-state index contributed by atoms with van der Waals surface area (Å²) in [5, 5.41) is 15.4. The summed E-state index contributed by atoms with van der Waals surface area (Å²) in [5.74, 6) is -1.03. The zero-order valence-electron chi connectivity index (χ0n) is 21.3. The number of aromatic nitrogens is 2. The molecule has 1 saturated carbocycles. The van der Waals surface area contributed by atoms with Crippen molar-refractivity contribution in [3.05, 3.63) is 28.5 Å². The molecule has 37 heavy (non-hydrogen) atoms. The molecule has 0 bridgehead atoms. The molecule has 3 heterocycles. The van der Waals surface area contributed by atoms with E-state index in [2.05, 4.69) is 20.6 Å². The zero-order valence-corrected chi connectivity index (χ0v) is 22.1. The Morgan fingerprint density at radius 1 is 1.19 bits per heavy atom. The van der Waals surface area contributed by atoms with E-state index in [1.165, 1.54) is 0 Å². The molecule has 3 N–H and O–H groups in total. The van der Waals surface area contributed by atoms with Crippen LogP contribution in [0.4, 0.5) is 19.0 Å². The lowest BCUT2D eigenvalue weighted by Gasteiger charge is -2.23. The van der Waals surface area contributed by atoms with Crippen molar-refractivity contribution in [2.45, 2.75) is 89.7 Å². The van der Waals surface area contributed by atoms with Crippen molar-refractivity contribution in [3.8, 4) is 10.4 Å². The van der Waals surface area contributed by atoms with Crippen LogP contribution in [-0.4, -0.2) is 62.1 Å². The topological polar surface area (TPSA) is 107 Å². The molecule has 2 aromatic heterocycles. The standard InChI is InChI=1S/C25H32F3N5O3S/c1-13-6-5-9-33(13)23(36)19-20(37-22(31-19)21(35)30-14-7-8-15(34)10-14)16-12-29-18(32-24(2,3)4)11-17(16)25(26,27)28/h11-15,34H,5-10H2,1-4H3,(H,29,32)(H,30,35). The number of aliphatic hydroxyl groups excluding tert-OH is 1. The molecule has 2 fully saturated rings. The monoisotopic (exact) mass is 539 g/mol. The Morgan fingerprint density at radius 3 is 2.49 bits per heavy atom. The highest BCUT2D eigenvalue weighted by Crippen LogP contribution is 2.42. The van der Waals surface area contributed by atoms with E-state index in [1.54, 1.807) is 25.7 Å². The van der Waals surface area contributed by atoms with E-state index < -0.39 is 35.2 Å². The lowest BCUT2D eigenvalue weighted by Crippen LogP contribution is -2.35. The number of carbonyl (C=O) groups is 2. The first-order valence-electron chi connectivity index (χ1n) is 12.4. The normalized spacial score (nSPS) is 22.4. The molecule has 1 aliphatic carbocycles. The van der Waals surface area contributed by atoms with Gasteiger partial charge in [-0.25, -0.2) is 9.97 Å². The van der Waals surface area contributed by atoms with Crippen molar-refractivity contribution >= 4 is 29.0 Å². The summed E-state index contributed by atoms with van der Waals surface area (Å²) in [6.45, 7) is 7.77. The number of nitrogens with one attached hydrogen (secondary N) is 2. The Hall–Kier alpha value is -2.73. The van der Waals surface area contributed by atoms with Gasteiger partial charge in [0.05, 0.1) is 16.5 Å². The number of anilines is 1. The Kier molecular flexibility index (Phi) is 7.53. The lowest BCUT2D eigenvalue weighted by molar-refractivity contribution is -0.137. The van der Waals surface area contributed by atoms with Crippen LogP contribution in [0, 0.1) is 0 Å². The van der Waals surface area contributed by atoms with Gasteiger partial charge in [-0.1, -0.05) is 0 Å². The van der Waals surface area contributed by atoms with Gasteiger partial charge in [-0.3, -0.25) is 9.59 Å². The zero-order chi connectivity index (χ0) is 27.1. The molecule has 12 heteroatoms. The van der Waals surface area contributed by atoms with Crippen LogP contribution in [-0.2, 0) is 6.18 Å². The summed E-state index contributed by atoms with van der Waals surface area (Å²) in [4.78, 5) is 36.5. The van der Waals surface area contributed by atoms with Crippen molar-refractivity contribution in [1.82, 2.24) is 20.2 Å². The molecule has 202 valence electrons. The molecular formula is C25H32F3N5O3S. The van der Waals surface area contributed by atoms with Gasteiger partial charge in [-0.05, 0) is 65.9 Å². The number of aliphatic hydroxyl groups is 1. The molecule has 4 rings (SSSR count). The van der Waals surface area contributed by atoms with Gasteiger partial charge in [-0.2, -0.15) is 13.2 Å². The predicted octanol–water partition coefficient (Wildman–Crippen LogP) is 4.70. The number of hydrogen-bond acceptors (Lipinski definition) is 7. The number of thiazole rings is 1. The van der Waals surface area contributed by atoms with E-state index in [4.69, 9.17) is 0 Å². The number of nitrogens with zero attached hydrogens (tertiary/aromatic N) is 3. The van der Waals surface area contributed by atoms with Gasteiger partial charge < -0.3 is 20.6 Å². The van der Waals surface area contributed by atoms with Crippen molar-refractivity contribution in [2.24, 2.45) is 0 Å². The fourth-order valence-corrected chi connectivity index (χ4v) is 5.76. The average Bonchev–Trinajstić information content (AvgIpc) is 3.51. The van der Waals surface area contributed by atoms with Gasteiger partial charge in [0.1, 0.15) is 11.5 Å². The molecule has 3 unspecified atom stereocenters. The molecule has 0 spiro atoms. The van der Waals surface area contributed by atoms with Crippen LogP contribution in [0.25, 0.3) is 10.4 Å². The van der Waals surface area contributed by atoms with E-state index >= 15 is 0 Å². The minimum atomic E-state index is -4.74. The summed E-state index contributed by atoms with van der Waals surface area (Å²) in [5.41, 5.74) is -1.96. The van der Waals surface area contributed by atoms with Crippen molar-refractivity contribution < 1.29 is 27.9 Å². The Labute approximate surface area is 217 Å². The van der Waals surface area contributed by atoms with Gasteiger partial charge in [0.25, 0.3) is 11.8 Å². The van der Waals surface area contributed by atoms with E-state index in [9.17, 15) is 27.9 Å². The first-order chi connectivity index (χ1) is 17.2. The third-order valence-electron chi connectivity index (χ3n) is 6.54. The van der Waals surface area contributed by atoms with Crippen LogP contribution >= 0.6 is 11.3 Å². The second kappa shape index (κ2) is 10.2. The summed E-state index contributed by atoms with van der Waals surface area (Å²) >= 11 is 0.749. The van der Waals surface area contributed by atoms with E-state index in [0.717, 1.165) is 36.4 Å². The highest BCUT2D eigenvalue weighted by atomic mass is 32.1. The maximum absolute atomic E-state index is 14.2. The van der Waals surface area contributed by atoms with Crippen molar-refractivity contribution in [2.75, 3.05) is 11.9 Å². The maximum Gasteiger partial charge on any atom is 0.417 e. The SMILES string of the molecule is CC1CCCN1C(=O)c1nc(C(=O)NC2CCC(O)C2)sc1-c1cnc(NC(C)(C)C)cc1C(F)(F)F. The fourth-order valence-electron chi connectivity index (χ4n) is 4.78. The minimum Gasteiger partial charge on any atom is -0.393 e. The second-order valence-corrected chi connectivity index (χ2v) is 11.8. The van der Waals surface area contributed by atoms with Gasteiger partial charge in [0.2, 0.25) is 0 Å². The van der Waals surface area contributed by atoms with Crippen LogP contribution in [0.3, 0.4) is 0 Å². The van der Waals surface area contributed by atoms with Crippen LogP contribution in [0.5, 0.6) is 0 Å². The summed E-state index contributed by atoms with van der Waals surface area (Å²) in [6.07, 6.45) is -1.05. The third-order valence-corrected chi connectivity index (χ3v) is 7.62. The predicted molar refractivity (Wildman–Crippen MR) is 135 cm³/mol. The van der Waals surface area contributed by atoms with E-state index in [-0.39, 0.29) is 39.0 Å². The quantitative estimate of drug-likeness (QED) is 0.509. The Bertz CT molecular complexity index is 1180. The molecular weight excluding hydrogens is 507 g/mol. The number of carbonyl (C=O) groups excluding carboxylic acids is 2. The molecule has 0 aromatic carbocycles. The van der Waals surface area contributed by atoms with E-state index in [1.807, 2.05) is 6.92 Å². The lowest BCUT2D eigenvalue weighted by atomic mass is 10.1. The van der Waals surface area contributed by atoms with Gasteiger partial charge in [0, 0.05) is 35.9 Å². The number of rotatable bonds is 5. The fraction of sp³-hybridized carbons (Fsp3) is 0.600. The number of hydrogen-bond donors (Lipinski definition) is 3. The van der Waals surface area contributed by atoms with Crippen LogP contribution in [0.15, 0.2) is 12.3 Å². The molecule has 2 aromatic rings. The molecule has 0 radical (unpaired) electrons. The molecule has 1 saturated heterocycles. The number of halogens is 3. The van der Waals surface area contributed by atoms with Crippen molar-refractivity contribution in [3.63, 3.8) is 0 Å². The Morgan fingerprint density at radius 2 is 1.92 bits per heavy atom. The highest BCUT2D eigenvalue weighted by molar-refractivity contribution is 7.17. The Balaban J connectivity index is 1.78. The summed E-state index contributed by atoms with van der Waals surface area (Å²) in [7, 11) is 0. The first kappa shape index (κ1) is 27.3. The van der Waals surface area contributed by atoms with Gasteiger partial charge >= 0.3 is 6.18 Å². The summed E-state index contributed by atoms with van der Waals surface area (Å²) < 4.78 is 42.7. The average molecular weight is 540 g/mol. The molecule has 2 amide bonds. The second-order valence-electron chi connectivity index (χ2n) is 10.8. The summed E-state index contributed by atoms with van der Waals surface area (Å²) in [6, 6.07) is 0.577. The van der Waals surface area contributed by atoms with Crippen LogP contribution < -0.4 is 10.6 Å². The van der Waals surface area contributed by atoms with Crippen molar-refractivity contribution in [1.29, 1.82) is 0 Å². The molecule has 2 aliphatic rings. The smallest absolute Gasteiger partial charge is 0.393 e. The van der Waals surface area contributed by atoms with Gasteiger partial charge in [-0.15, -0.1) is 11.3 Å². The third kappa shape index (κ3) is 6.23. The van der Waals surface area contributed by atoms with E-state index in [0.29, 0.717) is 25.8 Å². The minimum absolute atomic E-state index is 0.0390. The number of pyridine rings is 1. The highest BCUT2D eigenvalue weighted by Gasteiger charge is 2.38. The molecule has 1 aliphatic heterocycles. The molecule has 8 nitrogen and oxygen atoms in total. The number of amides is 2. The largest absolute Gasteiger partial charge is 0.417 e. The molecule has 3 atom stereocenters. The van der Waals surface area contributed by atoms with Crippen LogP contribution in [0.1, 0.15) is 85.7 Å². The maximum atomic E-state index is 14.2. The van der Waals surface area contributed by atoms with Crippen LogP contribution in [0.2, 0.25) is 0 Å². The number of alkyl halides is 3. The first-order valence-corrected chi connectivity index (χ1v) is 13.2. The number of likely N-dealkylation sites (tertiary alicyclic amines) is 1. The van der Waals surface area contributed by atoms with Gasteiger partial charge in [0.15, 0.2) is 5.01 Å².